The fraction of sp³-hybridized carbons (Fsp3) is 0.176. The summed E-state index contributed by atoms with van der Waals surface area (Å²) in [6.07, 6.45) is 2.11. The van der Waals surface area contributed by atoms with Crippen molar-refractivity contribution in [3.05, 3.63) is 58.3 Å². The van der Waals surface area contributed by atoms with Crippen LogP contribution in [-0.4, -0.2) is 18.0 Å². The minimum Gasteiger partial charge on any atom is -0.449 e. The van der Waals surface area contributed by atoms with Gasteiger partial charge in [0.25, 0.3) is 5.91 Å². The topological polar surface area (TPSA) is 55.4 Å². The van der Waals surface area contributed by atoms with E-state index in [2.05, 4.69) is 5.32 Å². The third kappa shape index (κ3) is 4.86. The van der Waals surface area contributed by atoms with E-state index in [1.807, 2.05) is 41.9 Å². The predicted molar refractivity (Wildman–Crippen MR) is 88.7 cm³/mol. The number of amides is 1. The van der Waals surface area contributed by atoms with E-state index in [1.165, 1.54) is 6.08 Å². The van der Waals surface area contributed by atoms with Crippen molar-refractivity contribution in [2.45, 2.75) is 20.0 Å². The van der Waals surface area contributed by atoms with Gasteiger partial charge < -0.3 is 10.1 Å². The lowest BCUT2D eigenvalue weighted by Crippen LogP contribution is -2.29. The number of hydrogen-bond donors (Lipinski definition) is 1. The van der Waals surface area contributed by atoms with Gasteiger partial charge in [0.2, 0.25) is 0 Å². The van der Waals surface area contributed by atoms with Gasteiger partial charge in [-0.15, -0.1) is 0 Å². The molecule has 4 nitrogen and oxygen atoms in total. The van der Waals surface area contributed by atoms with Crippen LogP contribution in [0.2, 0.25) is 0 Å². The zero-order chi connectivity index (χ0) is 15.9. The number of thiophene rings is 1. The first-order valence-electron chi connectivity index (χ1n) is 6.83. The maximum absolute atomic E-state index is 12.0. The second-order valence-electron chi connectivity index (χ2n) is 4.83. The molecule has 0 unspecified atom stereocenters. The molecule has 0 aliphatic carbocycles. The number of esters is 1. The summed E-state index contributed by atoms with van der Waals surface area (Å²) in [7, 11) is 0. The summed E-state index contributed by atoms with van der Waals surface area (Å²) >= 11 is 1.54. The lowest BCUT2D eigenvalue weighted by atomic mass is 10.2. The number of aryl methyl sites for hydroxylation is 1. The summed E-state index contributed by atoms with van der Waals surface area (Å²) in [6.45, 7) is 3.48. The zero-order valence-electron chi connectivity index (χ0n) is 12.4. The van der Waals surface area contributed by atoms with E-state index in [9.17, 15) is 9.59 Å². The molecule has 114 valence electrons. The number of anilines is 1. The fourth-order valence-corrected chi connectivity index (χ4v) is 2.40. The van der Waals surface area contributed by atoms with Gasteiger partial charge in [0.05, 0.1) is 0 Å². The summed E-state index contributed by atoms with van der Waals surface area (Å²) in [5.74, 6) is -0.902. The van der Waals surface area contributed by atoms with Gasteiger partial charge >= 0.3 is 5.97 Å². The predicted octanol–water partition coefficient (Wildman–Crippen LogP) is 3.64. The summed E-state index contributed by atoms with van der Waals surface area (Å²) in [5, 5.41) is 6.55. The molecule has 1 heterocycles. The number of carbonyl (C=O) groups excluding carboxylic acids is 2. The third-order valence-corrected chi connectivity index (χ3v) is 3.60. The van der Waals surface area contributed by atoms with Crippen LogP contribution in [0.25, 0.3) is 6.08 Å². The Bertz CT molecular complexity index is 677. The number of rotatable bonds is 5. The van der Waals surface area contributed by atoms with Gasteiger partial charge in [0.15, 0.2) is 6.10 Å². The van der Waals surface area contributed by atoms with Gasteiger partial charge in [-0.1, -0.05) is 12.1 Å². The van der Waals surface area contributed by atoms with Crippen LogP contribution in [0.3, 0.4) is 0 Å². The molecule has 0 fully saturated rings. The van der Waals surface area contributed by atoms with Crippen molar-refractivity contribution in [2.75, 3.05) is 5.32 Å². The van der Waals surface area contributed by atoms with Gasteiger partial charge in [-0.05, 0) is 60.0 Å². The Balaban J connectivity index is 1.87. The van der Waals surface area contributed by atoms with E-state index in [0.717, 1.165) is 11.1 Å². The molecule has 0 aliphatic rings. The van der Waals surface area contributed by atoms with Crippen molar-refractivity contribution in [2.24, 2.45) is 0 Å². The molecule has 2 aromatic rings. The molecule has 0 bridgehead atoms. The van der Waals surface area contributed by atoms with Gasteiger partial charge in [0.1, 0.15) is 0 Å². The number of hydrogen-bond acceptors (Lipinski definition) is 4. The average molecular weight is 315 g/mol. The molecule has 0 saturated carbocycles. The molecule has 5 heteroatoms. The third-order valence-electron chi connectivity index (χ3n) is 2.90. The molecule has 0 saturated heterocycles. The first-order chi connectivity index (χ1) is 10.5. The quantitative estimate of drug-likeness (QED) is 0.677. The molecular weight excluding hydrogens is 298 g/mol. The van der Waals surface area contributed by atoms with Crippen molar-refractivity contribution in [1.82, 2.24) is 0 Å². The highest BCUT2D eigenvalue weighted by atomic mass is 32.1. The van der Waals surface area contributed by atoms with Crippen molar-refractivity contribution in [3.63, 3.8) is 0 Å². The average Bonchev–Trinajstić information content (AvgIpc) is 2.98. The second-order valence-corrected chi connectivity index (χ2v) is 5.61. The van der Waals surface area contributed by atoms with E-state index >= 15 is 0 Å². The van der Waals surface area contributed by atoms with Crippen LogP contribution < -0.4 is 5.32 Å². The number of ether oxygens (including phenoxy) is 1. The van der Waals surface area contributed by atoms with Crippen molar-refractivity contribution in [1.29, 1.82) is 0 Å². The van der Waals surface area contributed by atoms with Crippen LogP contribution in [0.5, 0.6) is 0 Å². The maximum Gasteiger partial charge on any atom is 0.331 e. The first-order valence-corrected chi connectivity index (χ1v) is 7.77. The van der Waals surface area contributed by atoms with Crippen LogP contribution in [-0.2, 0) is 14.3 Å². The molecule has 1 aromatic carbocycles. The highest BCUT2D eigenvalue weighted by molar-refractivity contribution is 7.08. The van der Waals surface area contributed by atoms with E-state index in [1.54, 1.807) is 30.4 Å². The van der Waals surface area contributed by atoms with Crippen molar-refractivity contribution in [3.8, 4) is 0 Å². The van der Waals surface area contributed by atoms with E-state index in [-0.39, 0.29) is 5.91 Å². The van der Waals surface area contributed by atoms with Gasteiger partial charge in [-0.3, -0.25) is 4.79 Å². The largest absolute Gasteiger partial charge is 0.449 e. The number of carbonyl (C=O) groups is 2. The summed E-state index contributed by atoms with van der Waals surface area (Å²) in [5.41, 5.74) is 2.65. The van der Waals surface area contributed by atoms with Crippen LogP contribution in [0.15, 0.2) is 47.2 Å². The Morgan fingerprint density at radius 3 is 2.82 bits per heavy atom. The van der Waals surface area contributed by atoms with Crippen molar-refractivity contribution >= 4 is 35.0 Å². The Hall–Kier alpha value is -2.40. The maximum atomic E-state index is 12.0. The summed E-state index contributed by atoms with van der Waals surface area (Å²) in [6, 6.07) is 9.32. The zero-order valence-corrected chi connectivity index (χ0v) is 13.2. The van der Waals surface area contributed by atoms with Gasteiger partial charge in [-0.25, -0.2) is 4.79 Å². The van der Waals surface area contributed by atoms with E-state index in [0.29, 0.717) is 5.69 Å². The minimum absolute atomic E-state index is 0.358. The Labute approximate surface area is 133 Å². The van der Waals surface area contributed by atoms with E-state index in [4.69, 9.17) is 4.74 Å². The summed E-state index contributed by atoms with van der Waals surface area (Å²) in [4.78, 5) is 23.7. The summed E-state index contributed by atoms with van der Waals surface area (Å²) < 4.78 is 5.08. The minimum atomic E-state index is -0.861. The molecule has 1 N–H and O–H groups in total. The lowest BCUT2D eigenvalue weighted by molar-refractivity contribution is -0.148. The Kier molecular flexibility index (Phi) is 5.49. The number of benzene rings is 1. The monoisotopic (exact) mass is 315 g/mol. The van der Waals surface area contributed by atoms with Crippen LogP contribution in [0.1, 0.15) is 18.1 Å². The lowest BCUT2D eigenvalue weighted by Gasteiger charge is -2.12. The van der Waals surface area contributed by atoms with Crippen molar-refractivity contribution < 1.29 is 14.3 Å². The highest BCUT2D eigenvalue weighted by Gasteiger charge is 2.16. The normalized spacial score (nSPS) is 12.1. The number of nitrogens with one attached hydrogen (secondary N) is 1. The van der Waals surface area contributed by atoms with E-state index < -0.39 is 12.1 Å². The van der Waals surface area contributed by atoms with Gasteiger partial charge in [-0.2, -0.15) is 11.3 Å². The standard InChI is InChI=1S/C17H17NO3S/c1-12-4-3-5-15(10-12)18-17(20)13(2)21-16(19)7-6-14-8-9-22-11-14/h3-11,13H,1-2H3,(H,18,20)/b7-6+/t13-/m1/s1. The Morgan fingerprint density at radius 2 is 2.14 bits per heavy atom. The second kappa shape index (κ2) is 7.56. The molecule has 1 aromatic heterocycles. The first kappa shape index (κ1) is 16.0. The van der Waals surface area contributed by atoms with Gasteiger partial charge in [0, 0.05) is 11.8 Å². The molecule has 22 heavy (non-hydrogen) atoms. The highest BCUT2D eigenvalue weighted by Crippen LogP contribution is 2.11. The molecule has 0 spiro atoms. The smallest absolute Gasteiger partial charge is 0.331 e. The molecule has 0 aliphatic heterocycles. The molecule has 1 atom stereocenters. The fourth-order valence-electron chi connectivity index (χ4n) is 1.77. The SMILES string of the molecule is Cc1cccc(NC(=O)[C@@H](C)OC(=O)/C=C/c2ccsc2)c1. The van der Waals surface area contributed by atoms with Crippen LogP contribution in [0, 0.1) is 6.92 Å². The van der Waals surface area contributed by atoms with Crippen LogP contribution >= 0.6 is 11.3 Å². The molecule has 0 radical (unpaired) electrons. The Morgan fingerprint density at radius 1 is 1.32 bits per heavy atom. The molecule has 2 rings (SSSR count). The van der Waals surface area contributed by atoms with Crippen LogP contribution in [0.4, 0.5) is 5.69 Å². The molecule has 1 amide bonds. The molecular formula is C17H17NO3S.